The molecule has 0 saturated heterocycles. The fourth-order valence-electron chi connectivity index (χ4n) is 2.26. The number of rotatable bonds is 7. The molecule has 1 heterocycles. The van der Waals surface area contributed by atoms with E-state index in [1.807, 2.05) is 6.92 Å². The molecule has 0 fully saturated rings. The van der Waals surface area contributed by atoms with Crippen LogP contribution in [0.3, 0.4) is 0 Å². The van der Waals surface area contributed by atoms with E-state index in [9.17, 15) is 13.6 Å². The molecule has 1 aromatic carbocycles. The van der Waals surface area contributed by atoms with Crippen LogP contribution in [0.2, 0.25) is 0 Å². The third-order valence-corrected chi connectivity index (χ3v) is 3.67. The molecule has 2 N–H and O–H groups in total. The van der Waals surface area contributed by atoms with Crippen molar-refractivity contribution in [2.24, 2.45) is 0 Å². The summed E-state index contributed by atoms with van der Waals surface area (Å²) in [6.45, 7) is 6.10. The first-order valence-corrected chi connectivity index (χ1v) is 8.09. The number of hydrogen-bond donors (Lipinski definition) is 2. The van der Waals surface area contributed by atoms with Crippen molar-refractivity contribution < 1.29 is 18.3 Å². The number of aryl methyl sites for hydroxylation is 1. The first-order valence-electron chi connectivity index (χ1n) is 8.09. The molecule has 0 aliphatic rings. The molecular formula is C17H22F2N4O2. The van der Waals surface area contributed by atoms with Crippen molar-refractivity contribution in [1.29, 1.82) is 0 Å². The average Bonchev–Trinajstić information content (AvgIpc) is 2.82. The Kier molecular flexibility index (Phi) is 6.32. The summed E-state index contributed by atoms with van der Waals surface area (Å²) in [5.41, 5.74) is 1.87. The van der Waals surface area contributed by atoms with E-state index in [-0.39, 0.29) is 18.5 Å². The molecule has 8 heteroatoms. The molecule has 0 bridgehead atoms. The molecule has 25 heavy (non-hydrogen) atoms. The number of carbonyl (C=O) groups excluding carboxylic acids is 1. The molecule has 0 radical (unpaired) electrons. The second-order valence-electron chi connectivity index (χ2n) is 5.63. The van der Waals surface area contributed by atoms with Crippen LogP contribution < -0.4 is 15.4 Å². The van der Waals surface area contributed by atoms with Gasteiger partial charge in [-0.15, -0.1) is 0 Å². The van der Waals surface area contributed by atoms with E-state index in [4.69, 9.17) is 4.74 Å². The van der Waals surface area contributed by atoms with Gasteiger partial charge in [-0.25, -0.2) is 18.3 Å². The zero-order valence-corrected chi connectivity index (χ0v) is 14.5. The molecule has 0 aliphatic heterocycles. The molecule has 2 rings (SSSR count). The van der Waals surface area contributed by atoms with Crippen LogP contribution in [-0.4, -0.2) is 22.4 Å². The molecule has 6 nitrogen and oxygen atoms in total. The predicted octanol–water partition coefficient (Wildman–Crippen LogP) is 3.74. The average molecular weight is 352 g/mol. The van der Waals surface area contributed by atoms with Crippen LogP contribution in [0.5, 0.6) is 5.75 Å². The first-order chi connectivity index (χ1) is 11.9. The first kappa shape index (κ1) is 18.7. The molecule has 0 atom stereocenters. The van der Waals surface area contributed by atoms with E-state index in [0.29, 0.717) is 23.6 Å². The standard InChI is InChI=1S/C17H22F2N4O2/c1-4-5-8-20-17(24)21-16-11(2)22-23(12(16)3)10-25-15-7-6-13(18)9-14(15)19/h6-7,9H,4-5,8,10H2,1-3H3,(H2,20,21,24). The topological polar surface area (TPSA) is 68.2 Å². The van der Waals surface area contributed by atoms with Crippen LogP contribution in [0, 0.1) is 25.5 Å². The maximum atomic E-state index is 13.6. The minimum absolute atomic E-state index is 0.0612. The quantitative estimate of drug-likeness (QED) is 0.746. The molecule has 1 aromatic heterocycles. The molecule has 2 aromatic rings. The lowest BCUT2D eigenvalue weighted by molar-refractivity contribution is 0.208. The number of halogens is 2. The number of urea groups is 1. The van der Waals surface area contributed by atoms with Gasteiger partial charge in [-0.2, -0.15) is 5.10 Å². The van der Waals surface area contributed by atoms with E-state index in [2.05, 4.69) is 15.7 Å². The summed E-state index contributed by atoms with van der Waals surface area (Å²) in [6, 6.07) is 2.79. The summed E-state index contributed by atoms with van der Waals surface area (Å²) in [5, 5.41) is 9.80. The second kappa shape index (κ2) is 8.46. The van der Waals surface area contributed by atoms with E-state index < -0.39 is 11.6 Å². The van der Waals surface area contributed by atoms with Gasteiger partial charge < -0.3 is 15.4 Å². The van der Waals surface area contributed by atoms with E-state index in [1.54, 1.807) is 13.8 Å². The maximum Gasteiger partial charge on any atom is 0.319 e. The summed E-state index contributed by atoms with van der Waals surface area (Å²) in [7, 11) is 0. The monoisotopic (exact) mass is 352 g/mol. The van der Waals surface area contributed by atoms with Gasteiger partial charge in [-0.1, -0.05) is 13.3 Å². The Bertz CT molecular complexity index is 746. The summed E-state index contributed by atoms with van der Waals surface area (Å²) in [6.07, 6.45) is 1.90. The van der Waals surface area contributed by atoms with E-state index >= 15 is 0 Å². The second-order valence-corrected chi connectivity index (χ2v) is 5.63. The van der Waals surface area contributed by atoms with Crippen molar-refractivity contribution in [3.63, 3.8) is 0 Å². The van der Waals surface area contributed by atoms with Crippen LogP contribution in [0.25, 0.3) is 0 Å². The lowest BCUT2D eigenvalue weighted by atomic mass is 10.3. The third kappa shape index (κ3) is 4.91. The molecule has 0 aliphatic carbocycles. The summed E-state index contributed by atoms with van der Waals surface area (Å²) in [4.78, 5) is 11.9. The highest BCUT2D eigenvalue weighted by Gasteiger charge is 2.15. The number of amides is 2. The summed E-state index contributed by atoms with van der Waals surface area (Å²) < 4.78 is 33.3. The lowest BCUT2D eigenvalue weighted by Gasteiger charge is -2.10. The van der Waals surface area contributed by atoms with Gasteiger partial charge >= 0.3 is 6.03 Å². The molecule has 0 unspecified atom stereocenters. The molecule has 136 valence electrons. The Balaban J connectivity index is 2.02. The van der Waals surface area contributed by atoms with Crippen LogP contribution in [0.4, 0.5) is 19.3 Å². The third-order valence-electron chi connectivity index (χ3n) is 3.67. The fourth-order valence-corrected chi connectivity index (χ4v) is 2.26. The number of anilines is 1. The smallest absolute Gasteiger partial charge is 0.319 e. The molecule has 2 amide bonds. The minimum atomic E-state index is -0.782. The van der Waals surface area contributed by atoms with Crippen molar-refractivity contribution in [2.45, 2.75) is 40.3 Å². The zero-order valence-electron chi connectivity index (χ0n) is 14.5. The van der Waals surface area contributed by atoms with E-state index in [0.717, 1.165) is 25.0 Å². The van der Waals surface area contributed by atoms with Gasteiger partial charge in [0.25, 0.3) is 0 Å². The number of ether oxygens (including phenoxy) is 1. The maximum absolute atomic E-state index is 13.6. The number of unbranched alkanes of at least 4 members (excludes halogenated alkanes) is 1. The minimum Gasteiger partial charge on any atom is -0.468 e. The number of nitrogens with zero attached hydrogens (tertiary/aromatic N) is 2. The highest BCUT2D eigenvalue weighted by Crippen LogP contribution is 2.21. The van der Waals surface area contributed by atoms with Crippen molar-refractivity contribution in [3.8, 4) is 5.75 Å². The summed E-state index contributed by atoms with van der Waals surface area (Å²) >= 11 is 0. The van der Waals surface area contributed by atoms with Gasteiger partial charge in [0.2, 0.25) is 0 Å². The Hall–Kier alpha value is -2.64. The molecular weight excluding hydrogens is 330 g/mol. The van der Waals surface area contributed by atoms with Gasteiger partial charge in [0.05, 0.1) is 17.1 Å². The van der Waals surface area contributed by atoms with Crippen LogP contribution in [0.15, 0.2) is 18.2 Å². The van der Waals surface area contributed by atoms with Crippen molar-refractivity contribution in [1.82, 2.24) is 15.1 Å². The Morgan fingerprint density at radius 2 is 2.08 bits per heavy atom. The van der Waals surface area contributed by atoms with Gasteiger partial charge in [0.1, 0.15) is 5.82 Å². The lowest BCUT2D eigenvalue weighted by Crippen LogP contribution is -2.29. The summed E-state index contributed by atoms with van der Waals surface area (Å²) in [5.74, 6) is -1.52. The molecule has 0 spiro atoms. The van der Waals surface area contributed by atoms with Gasteiger partial charge in [-0.3, -0.25) is 0 Å². The zero-order chi connectivity index (χ0) is 18.4. The van der Waals surface area contributed by atoms with Gasteiger partial charge in [-0.05, 0) is 32.4 Å². The number of benzene rings is 1. The van der Waals surface area contributed by atoms with Gasteiger partial charge in [0.15, 0.2) is 18.3 Å². The normalized spacial score (nSPS) is 10.6. The number of hydrogen-bond acceptors (Lipinski definition) is 3. The number of nitrogens with one attached hydrogen (secondary N) is 2. The SMILES string of the molecule is CCCCNC(=O)Nc1c(C)nn(COc2ccc(F)cc2F)c1C. The fraction of sp³-hybridized carbons (Fsp3) is 0.412. The van der Waals surface area contributed by atoms with Gasteiger partial charge in [0, 0.05) is 12.6 Å². The highest BCUT2D eigenvalue weighted by molar-refractivity contribution is 5.90. The largest absolute Gasteiger partial charge is 0.468 e. The Labute approximate surface area is 145 Å². The number of carbonyl (C=O) groups is 1. The van der Waals surface area contributed by atoms with E-state index in [1.165, 1.54) is 10.7 Å². The van der Waals surface area contributed by atoms with Crippen molar-refractivity contribution in [3.05, 3.63) is 41.2 Å². The predicted molar refractivity (Wildman–Crippen MR) is 90.6 cm³/mol. The van der Waals surface area contributed by atoms with Crippen LogP contribution >= 0.6 is 0 Å². The highest BCUT2D eigenvalue weighted by atomic mass is 19.1. The van der Waals surface area contributed by atoms with Crippen LogP contribution in [-0.2, 0) is 6.73 Å². The van der Waals surface area contributed by atoms with Crippen LogP contribution in [0.1, 0.15) is 31.2 Å². The van der Waals surface area contributed by atoms with Crippen molar-refractivity contribution in [2.75, 3.05) is 11.9 Å². The molecule has 0 saturated carbocycles. The number of aromatic nitrogens is 2. The Morgan fingerprint density at radius 3 is 2.76 bits per heavy atom. The van der Waals surface area contributed by atoms with Crippen molar-refractivity contribution >= 4 is 11.7 Å². The Morgan fingerprint density at radius 1 is 1.32 bits per heavy atom.